The molecule has 1 atom stereocenters. The van der Waals surface area contributed by atoms with Crippen molar-refractivity contribution in [1.29, 1.82) is 0 Å². The van der Waals surface area contributed by atoms with Gasteiger partial charge in [0.15, 0.2) is 0 Å². The van der Waals surface area contributed by atoms with Gasteiger partial charge in [0.1, 0.15) is 0 Å². The predicted molar refractivity (Wildman–Crippen MR) is 91.2 cm³/mol. The van der Waals surface area contributed by atoms with Gasteiger partial charge in [0.25, 0.3) is 5.91 Å². The highest BCUT2D eigenvalue weighted by molar-refractivity contribution is 6.33. The van der Waals surface area contributed by atoms with Crippen LogP contribution in [0.1, 0.15) is 23.0 Å². The number of benzene rings is 1. The molecule has 3 rings (SSSR count). The Bertz CT molecular complexity index is 820. The van der Waals surface area contributed by atoms with E-state index in [1.54, 1.807) is 41.6 Å². The van der Waals surface area contributed by atoms with Gasteiger partial charge < -0.3 is 5.32 Å². The molecule has 3 aromatic rings. The summed E-state index contributed by atoms with van der Waals surface area (Å²) in [6.45, 7) is 1.91. The van der Waals surface area contributed by atoms with Crippen molar-refractivity contribution in [3.63, 3.8) is 0 Å². The fourth-order valence-electron chi connectivity index (χ4n) is 2.35. The van der Waals surface area contributed by atoms with Crippen LogP contribution in [0.4, 0.5) is 0 Å². The fourth-order valence-corrected chi connectivity index (χ4v) is 2.56. The lowest BCUT2D eigenvalue weighted by Gasteiger charge is -2.14. The molecule has 1 unspecified atom stereocenters. The SMILES string of the molecule is CC(Cc1cnccn1)NC(=O)c1cc(-n2cccn2)ccc1Cl. The summed E-state index contributed by atoms with van der Waals surface area (Å²) in [5.41, 5.74) is 2.01. The third kappa shape index (κ3) is 3.78. The van der Waals surface area contributed by atoms with Crippen molar-refractivity contribution in [2.24, 2.45) is 0 Å². The van der Waals surface area contributed by atoms with Crippen molar-refractivity contribution in [2.45, 2.75) is 19.4 Å². The molecule has 2 aromatic heterocycles. The first-order chi connectivity index (χ1) is 11.6. The molecular weight excluding hydrogens is 326 g/mol. The molecule has 6 nitrogen and oxygen atoms in total. The standard InChI is InChI=1S/C17H16ClN5O/c1-12(9-13-11-19-6-7-20-13)22-17(24)15-10-14(3-4-16(15)18)23-8-2-5-21-23/h2-8,10-12H,9H2,1H3,(H,22,24). The second-order valence-electron chi connectivity index (χ2n) is 5.39. The van der Waals surface area contributed by atoms with Crippen molar-refractivity contribution < 1.29 is 4.79 Å². The average Bonchev–Trinajstić information content (AvgIpc) is 3.10. The molecule has 0 aliphatic carbocycles. The summed E-state index contributed by atoms with van der Waals surface area (Å²) in [5.74, 6) is -0.231. The van der Waals surface area contributed by atoms with Gasteiger partial charge in [-0.2, -0.15) is 5.10 Å². The van der Waals surface area contributed by atoms with E-state index in [2.05, 4.69) is 20.4 Å². The summed E-state index contributed by atoms with van der Waals surface area (Å²) in [7, 11) is 0. The van der Waals surface area contributed by atoms with E-state index in [4.69, 9.17) is 11.6 Å². The Morgan fingerprint density at radius 2 is 2.21 bits per heavy atom. The summed E-state index contributed by atoms with van der Waals surface area (Å²) in [5, 5.41) is 7.50. The predicted octanol–water partition coefficient (Wildman–Crippen LogP) is 2.68. The fraction of sp³-hybridized carbons (Fsp3) is 0.176. The maximum Gasteiger partial charge on any atom is 0.253 e. The van der Waals surface area contributed by atoms with E-state index in [1.807, 2.05) is 25.3 Å². The minimum absolute atomic E-state index is 0.0985. The number of amides is 1. The summed E-state index contributed by atoms with van der Waals surface area (Å²) >= 11 is 6.18. The molecule has 0 saturated carbocycles. The highest BCUT2D eigenvalue weighted by Crippen LogP contribution is 2.20. The summed E-state index contributed by atoms with van der Waals surface area (Å²) in [6, 6.07) is 6.95. The Labute approximate surface area is 144 Å². The van der Waals surface area contributed by atoms with Crippen molar-refractivity contribution in [3.05, 3.63) is 71.5 Å². The van der Waals surface area contributed by atoms with Crippen molar-refractivity contribution >= 4 is 17.5 Å². The van der Waals surface area contributed by atoms with Crippen molar-refractivity contribution in [3.8, 4) is 5.69 Å². The zero-order valence-electron chi connectivity index (χ0n) is 13.1. The van der Waals surface area contributed by atoms with Crippen molar-refractivity contribution in [2.75, 3.05) is 0 Å². The van der Waals surface area contributed by atoms with Gasteiger partial charge in [-0.25, -0.2) is 4.68 Å². The topological polar surface area (TPSA) is 72.7 Å². The quantitative estimate of drug-likeness (QED) is 0.774. The first-order valence-electron chi connectivity index (χ1n) is 7.49. The first-order valence-corrected chi connectivity index (χ1v) is 7.86. The lowest BCUT2D eigenvalue weighted by atomic mass is 10.1. The molecule has 0 radical (unpaired) electrons. The molecule has 0 spiro atoms. The van der Waals surface area contributed by atoms with Gasteiger partial charge in [-0.15, -0.1) is 0 Å². The second kappa shape index (κ2) is 7.23. The number of halogens is 1. The number of aromatic nitrogens is 4. The molecule has 0 saturated heterocycles. The van der Waals surface area contributed by atoms with Crippen LogP contribution < -0.4 is 5.32 Å². The molecule has 1 N–H and O–H groups in total. The highest BCUT2D eigenvalue weighted by Gasteiger charge is 2.15. The maximum atomic E-state index is 12.5. The van der Waals surface area contributed by atoms with Gasteiger partial charge in [-0.3, -0.25) is 14.8 Å². The molecule has 1 aromatic carbocycles. The van der Waals surface area contributed by atoms with E-state index in [1.165, 1.54) is 0 Å². The molecule has 24 heavy (non-hydrogen) atoms. The zero-order chi connectivity index (χ0) is 16.9. The van der Waals surface area contributed by atoms with E-state index in [0.717, 1.165) is 11.4 Å². The van der Waals surface area contributed by atoms with Gasteiger partial charge in [0.05, 0.1) is 22.0 Å². The Morgan fingerprint density at radius 1 is 1.33 bits per heavy atom. The van der Waals surface area contributed by atoms with Crippen LogP contribution in [-0.2, 0) is 6.42 Å². The maximum absolute atomic E-state index is 12.5. The lowest BCUT2D eigenvalue weighted by molar-refractivity contribution is 0.0940. The lowest BCUT2D eigenvalue weighted by Crippen LogP contribution is -2.34. The first kappa shape index (κ1) is 16.1. The molecule has 7 heteroatoms. The second-order valence-corrected chi connectivity index (χ2v) is 5.80. The Hall–Kier alpha value is -2.73. The molecular formula is C17H16ClN5O. The van der Waals surface area contributed by atoms with Crippen LogP contribution in [0.25, 0.3) is 5.69 Å². The van der Waals surface area contributed by atoms with E-state index < -0.39 is 0 Å². The van der Waals surface area contributed by atoms with E-state index in [0.29, 0.717) is 17.0 Å². The number of carbonyl (C=O) groups excluding carboxylic acids is 1. The monoisotopic (exact) mass is 341 g/mol. The van der Waals surface area contributed by atoms with Gasteiger partial charge in [-0.1, -0.05) is 11.6 Å². The third-order valence-corrected chi connectivity index (χ3v) is 3.80. The van der Waals surface area contributed by atoms with E-state index in [9.17, 15) is 4.79 Å². The van der Waals surface area contributed by atoms with Gasteiger partial charge >= 0.3 is 0 Å². The number of hydrogen-bond donors (Lipinski definition) is 1. The smallest absolute Gasteiger partial charge is 0.253 e. The summed E-state index contributed by atoms with van der Waals surface area (Å²) < 4.78 is 1.68. The molecule has 0 fully saturated rings. The molecule has 2 heterocycles. The number of rotatable bonds is 5. The van der Waals surface area contributed by atoms with Crippen LogP contribution in [0.15, 0.2) is 55.2 Å². The third-order valence-electron chi connectivity index (χ3n) is 3.47. The van der Waals surface area contributed by atoms with Crippen molar-refractivity contribution in [1.82, 2.24) is 25.1 Å². The van der Waals surface area contributed by atoms with Crippen LogP contribution in [-0.4, -0.2) is 31.7 Å². The summed E-state index contributed by atoms with van der Waals surface area (Å²) in [6.07, 6.45) is 9.02. The van der Waals surface area contributed by atoms with Crippen LogP contribution in [0.5, 0.6) is 0 Å². The van der Waals surface area contributed by atoms with Gasteiger partial charge in [-0.05, 0) is 31.2 Å². The van der Waals surface area contributed by atoms with Crippen LogP contribution in [0.2, 0.25) is 5.02 Å². The molecule has 122 valence electrons. The Balaban J connectivity index is 1.73. The van der Waals surface area contributed by atoms with Gasteiger partial charge in [0, 0.05) is 43.4 Å². The van der Waals surface area contributed by atoms with Crippen LogP contribution >= 0.6 is 11.6 Å². The molecule has 1 amide bonds. The normalized spacial score (nSPS) is 11.9. The molecule has 0 aliphatic rings. The number of hydrogen-bond acceptors (Lipinski definition) is 4. The van der Waals surface area contributed by atoms with Gasteiger partial charge in [0.2, 0.25) is 0 Å². The Morgan fingerprint density at radius 3 is 2.92 bits per heavy atom. The molecule has 0 bridgehead atoms. The highest BCUT2D eigenvalue weighted by atomic mass is 35.5. The van der Waals surface area contributed by atoms with E-state index >= 15 is 0 Å². The Kier molecular flexibility index (Phi) is 4.86. The van der Waals surface area contributed by atoms with Crippen LogP contribution in [0, 0.1) is 0 Å². The zero-order valence-corrected chi connectivity index (χ0v) is 13.8. The van der Waals surface area contributed by atoms with Crippen LogP contribution in [0.3, 0.4) is 0 Å². The average molecular weight is 342 g/mol. The summed E-state index contributed by atoms with van der Waals surface area (Å²) in [4.78, 5) is 20.8. The molecule has 0 aliphatic heterocycles. The number of nitrogens with zero attached hydrogens (tertiary/aromatic N) is 4. The minimum Gasteiger partial charge on any atom is -0.349 e. The minimum atomic E-state index is -0.231. The number of carbonyl (C=O) groups is 1. The largest absolute Gasteiger partial charge is 0.349 e. The number of nitrogens with one attached hydrogen (secondary N) is 1. The van der Waals surface area contributed by atoms with E-state index in [-0.39, 0.29) is 11.9 Å².